The summed E-state index contributed by atoms with van der Waals surface area (Å²) in [6.45, 7) is 5.66. The number of nitrogens with zero attached hydrogens (tertiary/aromatic N) is 3. The van der Waals surface area contributed by atoms with E-state index in [2.05, 4.69) is 21.9 Å². The molecule has 0 N–H and O–H groups in total. The number of likely N-dealkylation sites (tertiary alicyclic amines) is 1. The summed E-state index contributed by atoms with van der Waals surface area (Å²) in [7, 11) is 1.69. The van der Waals surface area contributed by atoms with Gasteiger partial charge in [0.15, 0.2) is 0 Å². The van der Waals surface area contributed by atoms with Crippen molar-refractivity contribution in [1.82, 2.24) is 14.7 Å². The second kappa shape index (κ2) is 10.4. The van der Waals surface area contributed by atoms with Gasteiger partial charge in [0.1, 0.15) is 17.4 Å². The molecule has 5 nitrogen and oxygen atoms in total. The summed E-state index contributed by atoms with van der Waals surface area (Å²) in [4.78, 5) is 19.3. The van der Waals surface area contributed by atoms with Crippen molar-refractivity contribution in [3.63, 3.8) is 0 Å². The Morgan fingerprint density at radius 3 is 2.53 bits per heavy atom. The molecule has 0 unspecified atom stereocenters. The van der Waals surface area contributed by atoms with Gasteiger partial charge in [-0.25, -0.2) is 8.78 Å². The first-order valence-corrected chi connectivity index (χ1v) is 11.3. The standard InChI is InChI=1S/C25H31F2N3O2/c1-32-23-4-2-3-19(15-23)17-28-11-13-29(14-12-28)22-7-8-25(31)30(10-9-22)18-20-5-6-21(26)16-24(20)27/h2-6,15-16,22H,7-14,17-18H2,1H3/t22-/m0/s1. The largest absolute Gasteiger partial charge is 0.497 e. The Hall–Kier alpha value is -2.51. The van der Waals surface area contributed by atoms with Crippen molar-refractivity contribution in [3.8, 4) is 5.75 Å². The number of methoxy groups -OCH3 is 1. The average Bonchev–Trinajstić information content (AvgIpc) is 2.98. The molecule has 0 saturated carbocycles. The Bertz CT molecular complexity index is 931. The molecule has 32 heavy (non-hydrogen) atoms. The summed E-state index contributed by atoms with van der Waals surface area (Å²) in [5.74, 6) is -0.257. The molecule has 0 spiro atoms. The van der Waals surface area contributed by atoms with Gasteiger partial charge in [-0.2, -0.15) is 0 Å². The van der Waals surface area contributed by atoms with Gasteiger partial charge in [0.25, 0.3) is 0 Å². The number of benzene rings is 2. The van der Waals surface area contributed by atoms with E-state index >= 15 is 0 Å². The molecule has 0 aliphatic carbocycles. The van der Waals surface area contributed by atoms with Crippen LogP contribution >= 0.6 is 0 Å². The lowest BCUT2D eigenvalue weighted by atomic mass is 10.1. The van der Waals surface area contributed by atoms with Crippen LogP contribution in [0.3, 0.4) is 0 Å². The van der Waals surface area contributed by atoms with Crippen molar-refractivity contribution < 1.29 is 18.3 Å². The second-order valence-corrected chi connectivity index (χ2v) is 8.70. The SMILES string of the molecule is COc1cccc(CN2CCN([C@H]3CCC(=O)N(Cc4ccc(F)cc4F)CC3)CC2)c1. The molecule has 7 heteroatoms. The summed E-state index contributed by atoms with van der Waals surface area (Å²) >= 11 is 0. The number of amides is 1. The fraction of sp³-hybridized carbons (Fsp3) is 0.480. The van der Waals surface area contributed by atoms with Gasteiger partial charge in [-0.1, -0.05) is 18.2 Å². The first kappa shape index (κ1) is 22.7. The molecule has 0 bridgehead atoms. The zero-order valence-electron chi connectivity index (χ0n) is 18.6. The zero-order chi connectivity index (χ0) is 22.5. The Morgan fingerprint density at radius 2 is 1.78 bits per heavy atom. The van der Waals surface area contributed by atoms with E-state index in [1.807, 2.05) is 12.1 Å². The number of hydrogen-bond donors (Lipinski definition) is 0. The van der Waals surface area contributed by atoms with Crippen molar-refractivity contribution in [2.24, 2.45) is 0 Å². The van der Waals surface area contributed by atoms with Crippen LogP contribution in [0.25, 0.3) is 0 Å². The topological polar surface area (TPSA) is 36.0 Å². The van der Waals surface area contributed by atoms with Gasteiger partial charge in [0, 0.05) is 69.9 Å². The van der Waals surface area contributed by atoms with Crippen LogP contribution in [0.2, 0.25) is 0 Å². The van der Waals surface area contributed by atoms with E-state index in [0.29, 0.717) is 24.6 Å². The quantitative estimate of drug-likeness (QED) is 0.683. The number of hydrogen-bond acceptors (Lipinski definition) is 4. The highest BCUT2D eigenvalue weighted by Gasteiger charge is 2.29. The zero-order valence-corrected chi connectivity index (χ0v) is 18.6. The van der Waals surface area contributed by atoms with Crippen molar-refractivity contribution in [1.29, 1.82) is 0 Å². The number of ether oxygens (including phenoxy) is 1. The molecular formula is C25H31F2N3O2. The molecule has 2 aromatic rings. The molecule has 0 aromatic heterocycles. The first-order valence-electron chi connectivity index (χ1n) is 11.3. The average molecular weight is 444 g/mol. The Kier molecular flexibility index (Phi) is 7.37. The van der Waals surface area contributed by atoms with Gasteiger partial charge in [-0.15, -0.1) is 0 Å². The fourth-order valence-corrected chi connectivity index (χ4v) is 4.73. The van der Waals surface area contributed by atoms with Gasteiger partial charge in [-0.05, 0) is 36.6 Å². The molecule has 2 aliphatic rings. The molecule has 2 heterocycles. The monoisotopic (exact) mass is 443 g/mol. The summed E-state index contributed by atoms with van der Waals surface area (Å²) in [6.07, 6.45) is 2.18. The van der Waals surface area contributed by atoms with E-state index in [4.69, 9.17) is 4.74 Å². The molecule has 2 aromatic carbocycles. The third-order valence-corrected chi connectivity index (χ3v) is 6.62. The lowest BCUT2D eigenvalue weighted by molar-refractivity contribution is -0.131. The number of carbonyl (C=O) groups excluding carboxylic acids is 1. The van der Waals surface area contributed by atoms with Crippen molar-refractivity contribution in [2.75, 3.05) is 39.8 Å². The molecule has 0 radical (unpaired) electrons. The summed E-state index contributed by atoms with van der Waals surface area (Å²) in [6, 6.07) is 12.1. The lowest BCUT2D eigenvalue weighted by Crippen LogP contribution is -2.50. The van der Waals surface area contributed by atoms with Crippen molar-refractivity contribution >= 4 is 5.91 Å². The number of halogens is 2. The maximum atomic E-state index is 14.0. The Labute approximate surface area is 188 Å². The van der Waals surface area contributed by atoms with Crippen LogP contribution in [-0.2, 0) is 17.9 Å². The number of piperazine rings is 1. The van der Waals surface area contributed by atoms with Gasteiger partial charge in [-0.3, -0.25) is 14.6 Å². The van der Waals surface area contributed by atoms with Gasteiger partial charge >= 0.3 is 0 Å². The maximum absolute atomic E-state index is 14.0. The van der Waals surface area contributed by atoms with E-state index in [0.717, 1.165) is 57.4 Å². The highest BCUT2D eigenvalue weighted by Crippen LogP contribution is 2.22. The van der Waals surface area contributed by atoms with Gasteiger partial charge < -0.3 is 9.64 Å². The van der Waals surface area contributed by atoms with Crippen molar-refractivity contribution in [2.45, 2.75) is 38.4 Å². The maximum Gasteiger partial charge on any atom is 0.222 e. The Balaban J connectivity index is 1.28. The van der Waals surface area contributed by atoms with E-state index in [-0.39, 0.29) is 12.5 Å². The molecular weight excluding hydrogens is 412 g/mol. The van der Waals surface area contributed by atoms with E-state index in [1.165, 1.54) is 17.7 Å². The van der Waals surface area contributed by atoms with Crippen LogP contribution in [0.4, 0.5) is 8.78 Å². The highest BCUT2D eigenvalue weighted by molar-refractivity contribution is 5.76. The normalized spacial score (nSPS) is 20.9. The Morgan fingerprint density at radius 1 is 0.969 bits per heavy atom. The third kappa shape index (κ3) is 5.64. The van der Waals surface area contributed by atoms with Gasteiger partial charge in [0.05, 0.1) is 7.11 Å². The predicted octanol–water partition coefficient (Wildman–Crippen LogP) is 3.67. The summed E-state index contributed by atoms with van der Waals surface area (Å²) in [5, 5.41) is 0. The van der Waals surface area contributed by atoms with E-state index in [1.54, 1.807) is 12.0 Å². The number of carbonyl (C=O) groups is 1. The molecule has 2 fully saturated rings. The molecule has 1 amide bonds. The fourth-order valence-electron chi connectivity index (χ4n) is 4.73. The van der Waals surface area contributed by atoms with Crippen LogP contribution in [-0.4, -0.2) is 66.5 Å². The van der Waals surface area contributed by atoms with Crippen molar-refractivity contribution in [3.05, 3.63) is 65.2 Å². The second-order valence-electron chi connectivity index (χ2n) is 8.70. The molecule has 2 saturated heterocycles. The minimum absolute atomic E-state index is 0.0490. The molecule has 172 valence electrons. The molecule has 2 aliphatic heterocycles. The van der Waals surface area contributed by atoms with E-state index in [9.17, 15) is 13.6 Å². The molecule has 4 rings (SSSR count). The molecule has 1 atom stereocenters. The van der Waals surface area contributed by atoms with Gasteiger partial charge in [0.2, 0.25) is 5.91 Å². The van der Waals surface area contributed by atoms with E-state index < -0.39 is 11.6 Å². The smallest absolute Gasteiger partial charge is 0.222 e. The minimum atomic E-state index is -0.598. The van der Waals surface area contributed by atoms with Crippen LogP contribution in [0.5, 0.6) is 5.75 Å². The third-order valence-electron chi connectivity index (χ3n) is 6.62. The summed E-state index contributed by atoms with van der Waals surface area (Å²) < 4.78 is 32.5. The summed E-state index contributed by atoms with van der Waals surface area (Å²) in [5.41, 5.74) is 1.62. The predicted molar refractivity (Wildman–Crippen MR) is 119 cm³/mol. The first-order chi connectivity index (χ1) is 15.5. The highest BCUT2D eigenvalue weighted by atomic mass is 19.1. The number of rotatable bonds is 6. The van der Waals surface area contributed by atoms with Crippen LogP contribution in [0.1, 0.15) is 30.4 Å². The lowest BCUT2D eigenvalue weighted by Gasteiger charge is -2.39. The minimum Gasteiger partial charge on any atom is -0.497 e. The van der Waals surface area contributed by atoms with Crippen LogP contribution in [0.15, 0.2) is 42.5 Å². The van der Waals surface area contributed by atoms with Crippen LogP contribution < -0.4 is 4.74 Å². The van der Waals surface area contributed by atoms with Crippen LogP contribution in [0, 0.1) is 11.6 Å².